The average molecular weight is 901 g/mol. The molecule has 0 heterocycles. The van der Waals surface area contributed by atoms with E-state index in [1.165, 1.54) is 205 Å². The Kier molecular flexibility index (Phi) is 51.7. The van der Waals surface area contributed by atoms with E-state index in [9.17, 15) is 14.4 Å². The van der Waals surface area contributed by atoms with Crippen LogP contribution in [0.3, 0.4) is 0 Å². The van der Waals surface area contributed by atoms with Crippen LogP contribution in [0, 0.1) is 0 Å². The van der Waals surface area contributed by atoms with Crippen LogP contribution < -0.4 is 0 Å². The fourth-order valence-electron chi connectivity index (χ4n) is 8.37. The molecule has 0 saturated heterocycles. The fourth-order valence-corrected chi connectivity index (χ4v) is 8.37. The highest BCUT2D eigenvalue weighted by molar-refractivity contribution is 5.71. The van der Waals surface area contributed by atoms with E-state index in [0.717, 1.165) is 64.2 Å². The van der Waals surface area contributed by atoms with Gasteiger partial charge in [0.15, 0.2) is 6.10 Å². The Morgan fingerprint density at radius 2 is 0.516 bits per heavy atom. The number of esters is 3. The number of unbranched alkanes of at least 4 members (excludes halogenated alkanes) is 37. The number of hydrogen-bond donors (Lipinski definition) is 0. The molecule has 0 aliphatic heterocycles. The zero-order valence-corrected chi connectivity index (χ0v) is 43.1. The molecule has 0 aliphatic rings. The molecule has 0 radical (unpaired) electrons. The first-order valence-electron chi connectivity index (χ1n) is 28.3. The Hall–Kier alpha value is -2.11. The third-order valence-corrected chi connectivity index (χ3v) is 12.7. The number of carbonyl (C=O) groups excluding carboxylic acids is 3. The largest absolute Gasteiger partial charge is 0.462 e. The fraction of sp³-hybridized carbons (Fsp3) is 0.879. The second-order valence-electron chi connectivity index (χ2n) is 19.2. The van der Waals surface area contributed by atoms with Gasteiger partial charge in [-0.3, -0.25) is 14.4 Å². The number of carbonyl (C=O) groups is 3. The van der Waals surface area contributed by atoms with Gasteiger partial charge in [0.2, 0.25) is 0 Å². The minimum atomic E-state index is -0.770. The molecule has 0 aromatic rings. The smallest absolute Gasteiger partial charge is 0.306 e. The molecular formula is C58H108O6. The van der Waals surface area contributed by atoms with Crippen molar-refractivity contribution in [2.45, 2.75) is 316 Å². The van der Waals surface area contributed by atoms with E-state index < -0.39 is 6.10 Å². The van der Waals surface area contributed by atoms with Gasteiger partial charge in [0, 0.05) is 19.3 Å². The first kappa shape index (κ1) is 61.9. The predicted molar refractivity (Wildman–Crippen MR) is 275 cm³/mol. The van der Waals surface area contributed by atoms with Gasteiger partial charge in [0.05, 0.1) is 0 Å². The molecule has 376 valence electrons. The summed E-state index contributed by atoms with van der Waals surface area (Å²) < 4.78 is 16.9. The van der Waals surface area contributed by atoms with E-state index in [-0.39, 0.29) is 31.1 Å². The highest BCUT2D eigenvalue weighted by Gasteiger charge is 2.19. The molecule has 64 heavy (non-hydrogen) atoms. The summed E-state index contributed by atoms with van der Waals surface area (Å²) >= 11 is 0. The average Bonchev–Trinajstić information content (AvgIpc) is 3.29. The maximum absolute atomic E-state index is 12.8. The third-order valence-electron chi connectivity index (χ3n) is 12.7. The molecule has 6 heteroatoms. The molecule has 0 amide bonds. The molecule has 0 bridgehead atoms. The third kappa shape index (κ3) is 50.9. The van der Waals surface area contributed by atoms with Gasteiger partial charge in [-0.15, -0.1) is 0 Å². The van der Waals surface area contributed by atoms with Gasteiger partial charge < -0.3 is 14.2 Å². The first-order valence-corrected chi connectivity index (χ1v) is 28.3. The van der Waals surface area contributed by atoms with Crippen molar-refractivity contribution in [3.63, 3.8) is 0 Å². The Balaban J connectivity index is 4.31. The van der Waals surface area contributed by atoms with Crippen LogP contribution in [0.2, 0.25) is 0 Å². The highest BCUT2D eigenvalue weighted by atomic mass is 16.6. The van der Waals surface area contributed by atoms with Crippen LogP contribution in [0.4, 0.5) is 0 Å². The van der Waals surface area contributed by atoms with Crippen molar-refractivity contribution in [2.24, 2.45) is 0 Å². The maximum Gasteiger partial charge on any atom is 0.306 e. The van der Waals surface area contributed by atoms with Crippen LogP contribution >= 0.6 is 0 Å². The van der Waals surface area contributed by atoms with Crippen LogP contribution in [0.15, 0.2) is 24.3 Å². The maximum atomic E-state index is 12.8. The molecule has 0 aromatic heterocycles. The number of allylic oxidation sites excluding steroid dienone is 4. The van der Waals surface area contributed by atoms with Gasteiger partial charge in [-0.1, -0.05) is 244 Å². The normalized spacial score (nSPS) is 12.1. The van der Waals surface area contributed by atoms with E-state index in [4.69, 9.17) is 14.2 Å². The summed E-state index contributed by atoms with van der Waals surface area (Å²) in [6.45, 7) is 6.65. The summed E-state index contributed by atoms with van der Waals surface area (Å²) in [5.74, 6) is -0.863. The molecule has 1 atom stereocenters. The Bertz CT molecular complexity index is 1040. The van der Waals surface area contributed by atoms with E-state index in [2.05, 4.69) is 45.1 Å². The monoisotopic (exact) mass is 901 g/mol. The Morgan fingerprint density at radius 1 is 0.297 bits per heavy atom. The zero-order valence-electron chi connectivity index (χ0n) is 43.1. The van der Waals surface area contributed by atoms with Crippen LogP contribution in [-0.2, 0) is 28.6 Å². The van der Waals surface area contributed by atoms with Gasteiger partial charge in [-0.25, -0.2) is 0 Å². The van der Waals surface area contributed by atoms with Crippen LogP contribution in [0.5, 0.6) is 0 Å². The molecule has 0 N–H and O–H groups in total. The van der Waals surface area contributed by atoms with Crippen molar-refractivity contribution in [1.29, 1.82) is 0 Å². The van der Waals surface area contributed by atoms with Gasteiger partial charge >= 0.3 is 17.9 Å². The second kappa shape index (κ2) is 53.5. The summed E-state index contributed by atoms with van der Waals surface area (Å²) in [6, 6.07) is 0. The van der Waals surface area contributed by atoms with Gasteiger partial charge in [0.25, 0.3) is 0 Å². The second-order valence-corrected chi connectivity index (χ2v) is 19.2. The summed E-state index contributed by atoms with van der Waals surface area (Å²) in [5.41, 5.74) is 0. The molecule has 0 aromatic carbocycles. The van der Waals surface area contributed by atoms with Crippen molar-refractivity contribution < 1.29 is 28.6 Å². The lowest BCUT2D eigenvalue weighted by Crippen LogP contribution is -2.30. The van der Waals surface area contributed by atoms with E-state index >= 15 is 0 Å². The highest BCUT2D eigenvalue weighted by Crippen LogP contribution is 2.16. The molecular weight excluding hydrogens is 793 g/mol. The van der Waals surface area contributed by atoms with Gasteiger partial charge in [0.1, 0.15) is 13.2 Å². The zero-order chi connectivity index (χ0) is 46.5. The lowest BCUT2D eigenvalue weighted by atomic mass is 10.0. The van der Waals surface area contributed by atoms with Crippen molar-refractivity contribution in [3.05, 3.63) is 24.3 Å². The lowest BCUT2D eigenvalue weighted by molar-refractivity contribution is -0.167. The van der Waals surface area contributed by atoms with Crippen LogP contribution in [0.25, 0.3) is 0 Å². The molecule has 1 unspecified atom stereocenters. The standard InChI is InChI=1S/C58H108O6/c1-4-7-10-13-16-19-22-25-27-28-29-30-31-34-36-39-42-45-48-51-57(60)63-54-55(53-62-56(59)50-47-44-41-38-35-32-24-21-18-15-12-9-6-3)64-58(61)52-49-46-43-40-37-33-26-23-20-17-14-11-8-5-2/h21,24-25,27,55H,4-20,22-23,26,28-54H2,1-3H3/b24-21-,27-25-. The first-order chi connectivity index (χ1) is 31.5. The number of hydrogen-bond acceptors (Lipinski definition) is 6. The Morgan fingerprint density at radius 3 is 0.797 bits per heavy atom. The van der Waals surface area contributed by atoms with Crippen molar-refractivity contribution in [1.82, 2.24) is 0 Å². The topological polar surface area (TPSA) is 78.9 Å². The summed E-state index contributed by atoms with van der Waals surface area (Å²) in [6.07, 6.45) is 61.6. The minimum Gasteiger partial charge on any atom is -0.462 e. The SMILES string of the molecule is CCCCCC/C=C\CCCCCCCC(=O)OCC(COC(=O)CCCCCCCCCCC/C=C\CCCCCCCC)OC(=O)CCCCCCCCCCCCCCCC. The molecule has 0 fully saturated rings. The minimum absolute atomic E-state index is 0.0707. The predicted octanol–water partition coefficient (Wildman–Crippen LogP) is 18.7. The molecule has 0 aliphatic carbocycles. The van der Waals surface area contributed by atoms with E-state index in [1.54, 1.807) is 0 Å². The van der Waals surface area contributed by atoms with Crippen molar-refractivity contribution in [2.75, 3.05) is 13.2 Å². The summed E-state index contributed by atoms with van der Waals surface area (Å²) in [5, 5.41) is 0. The number of rotatable bonds is 52. The summed E-state index contributed by atoms with van der Waals surface area (Å²) in [7, 11) is 0. The van der Waals surface area contributed by atoms with Gasteiger partial charge in [-0.05, 0) is 70.6 Å². The lowest BCUT2D eigenvalue weighted by Gasteiger charge is -2.18. The summed E-state index contributed by atoms with van der Waals surface area (Å²) in [4.78, 5) is 38.1. The quantitative estimate of drug-likeness (QED) is 0.0262. The van der Waals surface area contributed by atoms with Crippen LogP contribution in [-0.4, -0.2) is 37.2 Å². The van der Waals surface area contributed by atoms with E-state index in [0.29, 0.717) is 19.3 Å². The van der Waals surface area contributed by atoms with Crippen molar-refractivity contribution >= 4 is 17.9 Å². The van der Waals surface area contributed by atoms with Crippen molar-refractivity contribution in [3.8, 4) is 0 Å². The Labute approximate surface area is 398 Å². The van der Waals surface area contributed by atoms with Crippen LogP contribution in [0.1, 0.15) is 310 Å². The molecule has 0 saturated carbocycles. The molecule has 6 nitrogen and oxygen atoms in total. The molecule has 0 spiro atoms. The van der Waals surface area contributed by atoms with E-state index in [1.807, 2.05) is 0 Å². The number of ether oxygens (including phenoxy) is 3. The van der Waals surface area contributed by atoms with Gasteiger partial charge in [-0.2, -0.15) is 0 Å². The molecule has 0 rings (SSSR count).